The van der Waals surface area contributed by atoms with Gasteiger partial charge >= 0.3 is 0 Å². The molecule has 7 nitrogen and oxygen atoms in total. The molecule has 0 aromatic heterocycles. The Balaban J connectivity index is 1.32. The van der Waals surface area contributed by atoms with E-state index in [0.717, 1.165) is 0 Å². The Hall–Kier alpha value is -1.12. The fourth-order valence-corrected chi connectivity index (χ4v) is 1.74. The van der Waals surface area contributed by atoms with Crippen LogP contribution in [-0.4, -0.2) is 65.4 Å². The van der Waals surface area contributed by atoms with Crippen molar-refractivity contribution in [3.63, 3.8) is 0 Å². The van der Waals surface area contributed by atoms with Crippen molar-refractivity contribution >= 4 is 0 Å². The highest BCUT2D eigenvalue weighted by Gasteiger charge is 2.20. The lowest BCUT2D eigenvalue weighted by molar-refractivity contribution is -0.102. The average Bonchev–Trinajstić information content (AvgIpc) is 3.06. The third-order valence-corrected chi connectivity index (χ3v) is 2.71. The highest BCUT2D eigenvalue weighted by molar-refractivity contribution is 4.87. The molecule has 2 aliphatic rings. The second-order valence-electron chi connectivity index (χ2n) is 4.56. The molecule has 0 saturated carbocycles. The quantitative estimate of drug-likeness (QED) is 0.553. The Morgan fingerprint density at radius 3 is 1.57 bits per heavy atom. The van der Waals surface area contributed by atoms with E-state index in [0.29, 0.717) is 64.4 Å². The molecule has 0 aromatic rings. The molecule has 2 aliphatic heterocycles. The Kier molecular flexibility index (Phi) is 6.98. The number of ether oxygens (including phenoxy) is 7. The van der Waals surface area contributed by atoms with Gasteiger partial charge in [-0.05, 0) is 0 Å². The van der Waals surface area contributed by atoms with E-state index >= 15 is 0 Å². The first kappa shape index (κ1) is 16.3. The molecule has 0 amide bonds. The van der Waals surface area contributed by atoms with E-state index in [1.807, 2.05) is 0 Å². The molecule has 2 atom stereocenters. The number of rotatable bonds is 10. The molecule has 0 bridgehead atoms. The lowest BCUT2D eigenvalue weighted by Gasteiger charge is -2.11. The minimum Gasteiger partial charge on any atom is -0.465 e. The molecule has 7 heteroatoms. The van der Waals surface area contributed by atoms with E-state index in [1.165, 1.54) is 0 Å². The standard InChI is InChI=1S/C14H22O7/c1-11-7-18-13(20-11)9-16-5-3-15-4-6-17-10-14-19-8-12(2)21-14/h13-14H,1-10H2. The van der Waals surface area contributed by atoms with Gasteiger partial charge in [-0.1, -0.05) is 13.2 Å². The molecule has 0 radical (unpaired) electrons. The molecule has 2 rings (SSSR count). The van der Waals surface area contributed by atoms with Crippen molar-refractivity contribution in [2.75, 3.05) is 52.9 Å². The van der Waals surface area contributed by atoms with Gasteiger partial charge in [0.15, 0.2) is 0 Å². The summed E-state index contributed by atoms with van der Waals surface area (Å²) < 4.78 is 37.1. The molecule has 2 saturated heterocycles. The summed E-state index contributed by atoms with van der Waals surface area (Å²) in [5, 5.41) is 0. The summed E-state index contributed by atoms with van der Waals surface area (Å²) in [6.45, 7) is 10.9. The SMILES string of the molecule is C=C1COC(COCCOCCOCC2OCC(=C)O2)O1. The van der Waals surface area contributed by atoms with Crippen LogP contribution in [0.4, 0.5) is 0 Å². The third kappa shape index (κ3) is 6.45. The summed E-state index contributed by atoms with van der Waals surface area (Å²) in [5.41, 5.74) is 0. The van der Waals surface area contributed by atoms with Crippen molar-refractivity contribution in [2.24, 2.45) is 0 Å². The molecular weight excluding hydrogens is 280 g/mol. The topological polar surface area (TPSA) is 64.6 Å². The second-order valence-corrected chi connectivity index (χ2v) is 4.56. The van der Waals surface area contributed by atoms with E-state index < -0.39 is 0 Å². The minimum atomic E-state index is -0.345. The zero-order chi connectivity index (χ0) is 14.9. The van der Waals surface area contributed by atoms with Crippen molar-refractivity contribution < 1.29 is 33.2 Å². The first-order valence-electron chi connectivity index (χ1n) is 6.89. The van der Waals surface area contributed by atoms with Crippen molar-refractivity contribution in [1.29, 1.82) is 0 Å². The van der Waals surface area contributed by atoms with Gasteiger partial charge in [0.1, 0.15) is 37.9 Å². The minimum absolute atomic E-state index is 0.345. The van der Waals surface area contributed by atoms with Gasteiger partial charge < -0.3 is 33.2 Å². The van der Waals surface area contributed by atoms with Crippen LogP contribution in [0.25, 0.3) is 0 Å². The maximum Gasteiger partial charge on any atom is 0.223 e. The molecule has 2 heterocycles. The third-order valence-electron chi connectivity index (χ3n) is 2.71. The lowest BCUT2D eigenvalue weighted by Crippen LogP contribution is -2.19. The largest absolute Gasteiger partial charge is 0.465 e. The Morgan fingerprint density at radius 2 is 1.19 bits per heavy atom. The van der Waals surface area contributed by atoms with Crippen LogP contribution in [0.3, 0.4) is 0 Å². The average molecular weight is 302 g/mol. The van der Waals surface area contributed by atoms with Crippen LogP contribution >= 0.6 is 0 Å². The summed E-state index contributed by atoms with van der Waals surface area (Å²) in [6.07, 6.45) is -0.691. The molecule has 21 heavy (non-hydrogen) atoms. The van der Waals surface area contributed by atoms with Crippen molar-refractivity contribution in [3.8, 4) is 0 Å². The van der Waals surface area contributed by atoms with Crippen LogP contribution in [0, 0.1) is 0 Å². The van der Waals surface area contributed by atoms with Crippen molar-refractivity contribution in [2.45, 2.75) is 12.6 Å². The summed E-state index contributed by atoms with van der Waals surface area (Å²) in [7, 11) is 0. The normalized spacial score (nSPS) is 25.1. The van der Waals surface area contributed by atoms with Crippen molar-refractivity contribution in [1.82, 2.24) is 0 Å². The molecule has 0 N–H and O–H groups in total. The fraction of sp³-hybridized carbons (Fsp3) is 0.714. The first-order chi connectivity index (χ1) is 10.2. The van der Waals surface area contributed by atoms with Crippen LogP contribution in [0.2, 0.25) is 0 Å². The Morgan fingerprint density at radius 1 is 0.762 bits per heavy atom. The van der Waals surface area contributed by atoms with E-state index in [1.54, 1.807) is 0 Å². The van der Waals surface area contributed by atoms with Gasteiger partial charge in [-0.2, -0.15) is 0 Å². The molecule has 120 valence electrons. The van der Waals surface area contributed by atoms with Gasteiger partial charge in [-0.3, -0.25) is 0 Å². The van der Waals surface area contributed by atoms with E-state index in [9.17, 15) is 0 Å². The molecule has 2 unspecified atom stereocenters. The lowest BCUT2D eigenvalue weighted by atomic mass is 10.6. The summed E-state index contributed by atoms with van der Waals surface area (Å²) in [4.78, 5) is 0. The predicted octanol–water partition coefficient (Wildman–Crippen LogP) is 0.809. The number of hydrogen-bond acceptors (Lipinski definition) is 7. The van der Waals surface area contributed by atoms with E-state index in [-0.39, 0.29) is 12.6 Å². The zero-order valence-corrected chi connectivity index (χ0v) is 12.1. The fourth-order valence-electron chi connectivity index (χ4n) is 1.74. The summed E-state index contributed by atoms with van der Waals surface area (Å²) >= 11 is 0. The molecule has 0 aliphatic carbocycles. The second kappa shape index (κ2) is 9.01. The highest BCUT2D eigenvalue weighted by Crippen LogP contribution is 2.13. The van der Waals surface area contributed by atoms with Gasteiger partial charge in [0.05, 0.1) is 26.4 Å². The Bertz CT molecular complexity index is 312. The van der Waals surface area contributed by atoms with Crippen LogP contribution in [-0.2, 0) is 33.2 Å². The highest BCUT2D eigenvalue weighted by atomic mass is 16.7. The zero-order valence-electron chi connectivity index (χ0n) is 12.1. The van der Waals surface area contributed by atoms with Crippen molar-refractivity contribution in [3.05, 3.63) is 24.7 Å². The maximum absolute atomic E-state index is 5.36. The van der Waals surface area contributed by atoms with Crippen LogP contribution in [0.15, 0.2) is 24.7 Å². The van der Waals surface area contributed by atoms with Crippen LogP contribution in [0.1, 0.15) is 0 Å². The first-order valence-corrected chi connectivity index (χ1v) is 6.89. The molecular formula is C14H22O7. The van der Waals surface area contributed by atoms with Gasteiger partial charge in [-0.15, -0.1) is 0 Å². The Labute approximate surface area is 124 Å². The van der Waals surface area contributed by atoms with Gasteiger partial charge in [0.2, 0.25) is 12.6 Å². The smallest absolute Gasteiger partial charge is 0.223 e. The monoisotopic (exact) mass is 302 g/mol. The molecule has 0 spiro atoms. The molecule has 0 aromatic carbocycles. The van der Waals surface area contributed by atoms with Gasteiger partial charge in [-0.25, -0.2) is 0 Å². The molecule has 2 fully saturated rings. The van der Waals surface area contributed by atoms with Gasteiger partial charge in [0, 0.05) is 0 Å². The van der Waals surface area contributed by atoms with Gasteiger partial charge in [0.25, 0.3) is 0 Å². The van der Waals surface area contributed by atoms with Crippen LogP contribution < -0.4 is 0 Å². The van der Waals surface area contributed by atoms with E-state index in [2.05, 4.69) is 13.2 Å². The summed E-state index contributed by atoms with van der Waals surface area (Å²) in [6, 6.07) is 0. The van der Waals surface area contributed by atoms with Crippen LogP contribution in [0.5, 0.6) is 0 Å². The number of hydrogen-bond donors (Lipinski definition) is 0. The predicted molar refractivity (Wildman–Crippen MR) is 72.4 cm³/mol. The summed E-state index contributed by atoms with van der Waals surface area (Å²) in [5.74, 6) is 1.27. The van der Waals surface area contributed by atoms with E-state index in [4.69, 9.17) is 33.2 Å². The maximum atomic E-state index is 5.36.